The maximum atomic E-state index is 13.4. The minimum absolute atomic E-state index is 0.228. The van der Waals surface area contributed by atoms with Crippen molar-refractivity contribution in [1.82, 2.24) is 10.4 Å². The van der Waals surface area contributed by atoms with Crippen LogP contribution in [0.3, 0.4) is 0 Å². The fraction of sp³-hybridized carbons (Fsp3) is 0. The van der Waals surface area contributed by atoms with Gasteiger partial charge in [0, 0.05) is 24.6 Å². The zero-order valence-electron chi connectivity index (χ0n) is 19.8. The van der Waals surface area contributed by atoms with Crippen LogP contribution < -0.4 is 10.2 Å². The van der Waals surface area contributed by atoms with Crippen molar-refractivity contribution < 1.29 is 14.3 Å². The highest BCUT2D eigenvalue weighted by molar-refractivity contribution is 14.1. The first-order valence-corrected chi connectivity index (χ1v) is 14.5. The molecule has 0 aliphatic carbocycles. The average Bonchev–Trinajstić information content (AvgIpc) is 3.32. The number of benzene rings is 4. The van der Waals surface area contributed by atoms with Crippen LogP contribution in [0.15, 0.2) is 99.0 Å². The number of aromatic amines is 1. The van der Waals surface area contributed by atoms with Crippen LogP contribution >= 0.6 is 66.1 Å². The molecule has 0 radical (unpaired) electrons. The van der Waals surface area contributed by atoms with Gasteiger partial charge in [0.05, 0.1) is 26.8 Å². The van der Waals surface area contributed by atoms with Gasteiger partial charge in [-0.15, -0.1) is 0 Å². The van der Waals surface area contributed by atoms with E-state index in [0.29, 0.717) is 15.7 Å². The van der Waals surface area contributed by atoms with E-state index in [1.807, 2.05) is 48.5 Å². The van der Waals surface area contributed by atoms with E-state index in [9.17, 15) is 9.59 Å². The number of hydrogen-bond acceptors (Lipinski definition) is 4. The highest BCUT2D eigenvalue weighted by Crippen LogP contribution is 2.35. The van der Waals surface area contributed by atoms with Gasteiger partial charge in [-0.2, -0.15) is 5.10 Å². The topological polar surface area (TPSA) is 83.5 Å². The van der Waals surface area contributed by atoms with Crippen LogP contribution in [-0.4, -0.2) is 23.1 Å². The van der Waals surface area contributed by atoms with E-state index >= 15 is 0 Å². The van der Waals surface area contributed by atoms with E-state index < -0.39 is 11.9 Å². The van der Waals surface area contributed by atoms with Crippen molar-refractivity contribution in [2.75, 3.05) is 0 Å². The predicted molar refractivity (Wildman–Crippen MR) is 170 cm³/mol. The van der Waals surface area contributed by atoms with Crippen LogP contribution in [0.25, 0.3) is 22.0 Å². The van der Waals surface area contributed by atoms with Crippen molar-refractivity contribution >= 4 is 95.0 Å². The molecule has 0 fully saturated rings. The molecule has 194 valence electrons. The number of halogens is 4. The molecule has 4 aromatic carbocycles. The molecule has 6 nitrogen and oxygen atoms in total. The number of carbonyl (C=O) groups excluding carboxylic acids is 2. The van der Waals surface area contributed by atoms with E-state index in [-0.39, 0.29) is 16.3 Å². The second-order valence-electron chi connectivity index (χ2n) is 8.28. The monoisotopic (exact) mass is 775 g/mol. The Kier molecular flexibility index (Phi) is 8.51. The number of hydrazone groups is 1. The predicted octanol–water partition coefficient (Wildman–Crippen LogP) is 8.60. The Balaban J connectivity index is 1.45. The van der Waals surface area contributed by atoms with Crippen molar-refractivity contribution in [2.24, 2.45) is 5.10 Å². The maximum Gasteiger partial charge on any atom is 0.345 e. The summed E-state index contributed by atoms with van der Waals surface area (Å²) in [7, 11) is 0. The van der Waals surface area contributed by atoms with Crippen LogP contribution in [0.5, 0.6) is 5.75 Å². The number of nitrogens with one attached hydrogen (secondary N) is 2. The van der Waals surface area contributed by atoms with Crippen molar-refractivity contribution in [3.05, 3.63) is 119 Å². The fourth-order valence-corrected chi connectivity index (χ4v) is 6.22. The Labute approximate surface area is 259 Å². The highest BCUT2D eigenvalue weighted by Gasteiger charge is 2.21. The normalized spacial score (nSPS) is 11.2. The molecule has 1 amide bonds. The van der Waals surface area contributed by atoms with Gasteiger partial charge in [-0.3, -0.25) is 4.79 Å². The average molecular weight is 778 g/mol. The zero-order chi connectivity index (χ0) is 27.5. The van der Waals surface area contributed by atoms with Gasteiger partial charge in [0.25, 0.3) is 5.91 Å². The molecule has 0 spiro atoms. The first-order chi connectivity index (χ1) is 18.8. The number of para-hydroxylation sites is 1. The van der Waals surface area contributed by atoms with Gasteiger partial charge in [0.15, 0.2) is 5.75 Å². The minimum atomic E-state index is -0.623. The lowest BCUT2D eigenvalue weighted by atomic mass is 10.0. The molecule has 1 aromatic heterocycles. The standard InChI is InChI=1S/C29H17Br2ClIN3O3/c30-18-13-17(27(21(31)14-18)39-29(38)19-9-4-5-11-22(19)32)15-34-36-28(37)26-24(16-7-2-1-3-8-16)20-10-6-12-23(33)25(20)35-26/h1-15,35H,(H,36,37). The lowest BCUT2D eigenvalue weighted by Gasteiger charge is -2.11. The number of rotatable bonds is 6. The number of ether oxygens (including phenoxy) is 1. The minimum Gasteiger partial charge on any atom is -0.421 e. The molecule has 0 bridgehead atoms. The Hall–Kier alpha value is -2.99. The molecule has 2 N–H and O–H groups in total. The zero-order valence-corrected chi connectivity index (χ0v) is 25.9. The lowest BCUT2D eigenvalue weighted by molar-refractivity contribution is 0.0733. The van der Waals surface area contributed by atoms with Gasteiger partial charge in [-0.1, -0.05) is 82.1 Å². The fourth-order valence-electron chi connectivity index (χ4n) is 4.03. The smallest absolute Gasteiger partial charge is 0.345 e. The summed E-state index contributed by atoms with van der Waals surface area (Å²) in [4.78, 5) is 29.4. The molecule has 39 heavy (non-hydrogen) atoms. The molecular formula is C29H17Br2ClIN3O3. The molecule has 0 aliphatic rings. The van der Waals surface area contributed by atoms with E-state index in [1.54, 1.807) is 36.4 Å². The number of esters is 1. The third-order valence-electron chi connectivity index (χ3n) is 5.77. The number of H-pyrrole nitrogens is 1. The number of fused-ring (bicyclic) bond motifs is 1. The third-order valence-corrected chi connectivity index (χ3v) is 8.04. The number of nitrogens with zero attached hydrogens (tertiary/aromatic N) is 1. The summed E-state index contributed by atoms with van der Waals surface area (Å²) in [5, 5.41) is 5.40. The highest BCUT2D eigenvalue weighted by atomic mass is 127. The van der Waals surface area contributed by atoms with Gasteiger partial charge in [0.2, 0.25) is 0 Å². The van der Waals surface area contributed by atoms with E-state index in [2.05, 4.69) is 70.0 Å². The number of hydrogen-bond donors (Lipinski definition) is 2. The van der Waals surface area contributed by atoms with E-state index in [1.165, 1.54) is 6.21 Å². The van der Waals surface area contributed by atoms with Gasteiger partial charge in [0.1, 0.15) is 5.69 Å². The largest absolute Gasteiger partial charge is 0.421 e. The molecule has 0 atom stereocenters. The summed E-state index contributed by atoms with van der Waals surface area (Å²) in [6.45, 7) is 0. The molecule has 0 saturated carbocycles. The summed E-state index contributed by atoms with van der Waals surface area (Å²) < 4.78 is 7.90. The summed E-state index contributed by atoms with van der Waals surface area (Å²) in [6, 6.07) is 25.7. The molecular weight excluding hydrogens is 761 g/mol. The van der Waals surface area contributed by atoms with Gasteiger partial charge >= 0.3 is 5.97 Å². The second-order valence-corrected chi connectivity index (χ2v) is 11.6. The van der Waals surface area contributed by atoms with E-state index in [0.717, 1.165) is 30.1 Å². The molecule has 0 unspecified atom stereocenters. The van der Waals surface area contributed by atoms with Crippen LogP contribution in [-0.2, 0) is 0 Å². The molecule has 0 aliphatic heterocycles. The Morgan fingerprint density at radius 1 is 0.974 bits per heavy atom. The van der Waals surface area contributed by atoms with Crippen LogP contribution in [0.4, 0.5) is 0 Å². The summed E-state index contributed by atoms with van der Waals surface area (Å²) in [6.07, 6.45) is 1.41. The molecule has 0 saturated heterocycles. The van der Waals surface area contributed by atoms with Gasteiger partial charge in [-0.05, 0) is 74.4 Å². The molecule has 10 heteroatoms. The van der Waals surface area contributed by atoms with Crippen molar-refractivity contribution in [3.8, 4) is 16.9 Å². The van der Waals surface area contributed by atoms with Crippen LogP contribution in [0.2, 0.25) is 5.02 Å². The first kappa shape index (κ1) is 27.6. The Morgan fingerprint density at radius 2 is 1.72 bits per heavy atom. The summed E-state index contributed by atoms with van der Waals surface area (Å²) in [5.41, 5.74) is 6.24. The number of aromatic nitrogens is 1. The number of amides is 1. The summed E-state index contributed by atoms with van der Waals surface area (Å²) >= 11 is 15.3. The number of carbonyl (C=O) groups is 2. The van der Waals surface area contributed by atoms with Gasteiger partial charge in [-0.25, -0.2) is 10.2 Å². The van der Waals surface area contributed by atoms with Crippen molar-refractivity contribution in [3.63, 3.8) is 0 Å². The second kappa shape index (κ2) is 12.0. The van der Waals surface area contributed by atoms with E-state index in [4.69, 9.17) is 16.3 Å². The Bertz CT molecular complexity index is 1760. The maximum absolute atomic E-state index is 13.4. The van der Waals surface area contributed by atoms with Gasteiger partial charge < -0.3 is 9.72 Å². The summed E-state index contributed by atoms with van der Waals surface area (Å²) in [5.74, 6) is -0.811. The molecule has 5 aromatic rings. The SMILES string of the molecule is O=C(Oc1c(Br)cc(Br)cc1C=NNC(=O)c1[nH]c2c(I)cccc2c1-c1ccccc1)c1ccccc1Cl. The lowest BCUT2D eigenvalue weighted by Crippen LogP contribution is -2.19. The third kappa shape index (κ3) is 5.96. The molecule has 1 heterocycles. The molecule has 5 rings (SSSR count). The van der Waals surface area contributed by atoms with Crippen LogP contribution in [0.1, 0.15) is 26.4 Å². The van der Waals surface area contributed by atoms with Crippen molar-refractivity contribution in [2.45, 2.75) is 0 Å². The quantitative estimate of drug-likeness (QED) is 0.0596. The van der Waals surface area contributed by atoms with Crippen molar-refractivity contribution in [1.29, 1.82) is 0 Å². The van der Waals surface area contributed by atoms with Crippen LogP contribution in [0, 0.1) is 3.57 Å². The first-order valence-electron chi connectivity index (χ1n) is 11.5. The Morgan fingerprint density at radius 3 is 2.49 bits per heavy atom.